The molecular formula is C9H13N5O2. The van der Waals surface area contributed by atoms with Crippen LogP contribution >= 0.6 is 0 Å². The third kappa shape index (κ3) is 2.36. The maximum absolute atomic E-state index is 11.4. The Hall–Kier alpha value is -1.92. The quantitative estimate of drug-likeness (QED) is 0.677. The molecule has 1 fully saturated rings. The van der Waals surface area contributed by atoms with Crippen molar-refractivity contribution in [2.45, 2.75) is 20.0 Å². The van der Waals surface area contributed by atoms with E-state index in [1.807, 2.05) is 6.92 Å². The number of nitrogen functional groups attached to an aromatic ring is 2. The van der Waals surface area contributed by atoms with Gasteiger partial charge < -0.3 is 16.2 Å². The number of nitrogens with two attached hydrogens (primary N) is 2. The third-order valence-electron chi connectivity index (χ3n) is 2.47. The minimum Gasteiger partial charge on any atom is -0.457 e. The monoisotopic (exact) mass is 223 g/mol. The van der Waals surface area contributed by atoms with E-state index in [1.54, 1.807) is 0 Å². The van der Waals surface area contributed by atoms with Crippen LogP contribution in [0.3, 0.4) is 0 Å². The van der Waals surface area contributed by atoms with Crippen LogP contribution in [0.15, 0.2) is 0 Å². The first-order valence-electron chi connectivity index (χ1n) is 4.99. The van der Waals surface area contributed by atoms with Crippen molar-refractivity contribution in [3.63, 3.8) is 0 Å². The minimum atomic E-state index is -0.218. The Kier molecular flexibility index (Phi) is 2.59. The molecule has 7 heteroatoms. The number of carbonyl (C=O) groups excluding carboxylic acids is 1. The highest BCUT2D eigenvalue weighted by Crippen LogP contribution is 2.38. The van der Waals surface area contributed by atoms with E-state index in [0.29, 0.717) is 5.92 Å². The summed E-state index contributed by atoms with van der Waals surface area (Å²) >= 11 is 0. The highest BCUT2D eigenvalue weighted by molar-refractivity contribution is 5.75. The molecule has 2 rings (SSSR count). The summed E-state index contributed by atoms with van der Waals surface area (Å²) in [6, 6.07) is 0. The average Bonchev–Trinajstić information content (AvgIpc) is 2.90. The number of rotatable bonds is 3. The Labute approximate surface area is 92.2 Å². The van der Waals surface area contributed by atoms with Crippen molar-refractivity contribution < 1.29 is 9.53 Å². The number of hydrogen-bond donors (Lipinski definition) is 2. The third-order valence-corrected chi connectivity index (χ3v) is 2.47. The van der Waals surface area contributed by atoms with Crippen molar-refractivity contribution in [3.05, 3.63) is 5.82 Å². The number of nitrogens with zero attached hydrogens (tertiary/aromatic N) is 3. The highest BCUT2D eigenvalue weighted by Gasteiger charge is 2.40. The summed E-state index contributed by atoms with van der Waals surface area (Å²) in [5.74, 6) is 0.547. The van der Waals surface area contributed by atoms with Gasteiger partial charge in [-0.2, -0.15) is 15.0 Å². The second-order valence-corrected chi connectivity index (χ2v) is 3.90. The first-order chi connectivity index (χ1) is 7.56. The van der Waals surface area contributed by atoms with Crippen LogP contribution in [0.2, 0.25) is 0 Å². The van der Waals surface area contributed by atoms with Crippen LogP contribution < -0.4 is 11.5 Å². The lowest BCUT2D eigenvalue weighted by atomic mass is 10.3. The summed E-state index contributed by atoms with van der Waals surface area (Å²) in [4.78, 5) is 22.6. The molecule has 1 heterocycles. The number of esters is 1. The normalized spacial score (nSPS) is 22.8. The van der Waals surface area contributed by atoms with Crippen LogP contribution in [-0.2, 0) is 16.1 Å². The van der Waals surface area contributed by atoms with Gasteiger partial charge in [0.1, 0.15) is 0 Å². The van der Waals surface area contributed by atoms with E-state index in [4.69, 9.17) is 16.2 Å². The summed E-state index contributed by atoms with van der Waals surface area (Å²) < 4.78 is 5.03. The summed E-state index contributed by atoms with van der Waals surface area (Å²) in [7, 11) is 0. The van der Waals surface area contributed by atoms with Crippen LogP contribution in [-0.4, -0.2) is 20.9 Å². The van der Waals surface area contributed by atoms with Crippen molar-refractivity contribution in [1.29, 1.82) is 0 Å². The van der Waals surface area contributed by atoms with Crippen molar-refractivity contribution in [3.8, 4) is 0 Å². The lowest BCUT2D eigenvalue weighted by Gasteiger charge is -2.03. The standard InChI is InChI=1S/C9H13N5O2/c1-4-2-5(4)7(15)16-3-6-12-8(10)14-9(11)13-6/h4-5H,2-3H2,1H3,(H4,10,11,12,13,14)/t4-,5+/m0/s1. The van der Waals surface area contributed by atoms with Crippen molar-refractivity contribution in [1.82, 2.24) is 15.0 Å². The largest absolute Gasteiger partial charge is 0.457 e. The number of hydrogen-bond acceptors (Lipinski definition) is 7. The fraction of sp³-hybridized carbons (Fsp3) is 0.556. The van der Waals surface area contributed by atoms with Gasteiger partial charge >= 0.3 is 5.97 Å². The Bertz CT molecular complexity index is 402. The lowest BCUT2D eigenvalue weighted by molar-refractivity contribution is -0.147. The Balaban J connectivity index is 1.91. The molecule has 0 saturated heterocycles. The Morgan fingerprint density at radius 2 is 1.94 bits per heavy atom. The molecule has 1 saturated carbocycles. The first kappa shape index (κ1) is 10.6. The summed E-state index contributed by atoms with van der Waals surface area (Å²) in [6.45, 7) is 1.99. The molecule has 0 unspecified atom stereocenters. The van der Waals surface area contributed by atoms with Gasteiger partial charge in [-0.25, -0.2) is 0 Å². The van der Waals surface area contributed by atoms with Crippen molar-refractivity contribution >= 4 is 17.9 Å². The van der Waals surface area contributed by atoms with E-state index >= 15 is 0 Å². The van der Waals surface area contributed by atoms with Gasteiger partial charge in [0.05, 0.1) is 5.92 Å². The van der Waals surface area contributed by atoms with E-state index in [2.05, 4.69) is 15.0 Å². The SMILES string of the molecule is C[C@H]1C[C@H]1C(=O)OCc1nc(N)nc(N)n1. The number of ether oxygens (including phenoxy) is 1. The molecule has 0 spiro atoms. The second kappa shape index (κ2) is 3.92. The van der Waals surface area contributed by atoms with Crippen molar-refractivity contribution in [2.24, 2.45) is 11.8 Å². The smallest absolute Gasteiger partial charge is 0.309 e. The average molecular weight is 223 g/mol. The van der Waals surface area contributed by atoms with Crippen LogP contribution in [0.1, 0.15) is 19.2 Å². The number of aromatic nitrogens is 3. The molecule has 1 aromatic heterocycles. The molecule has 1 aliphatic carbocycles. The molecule has 2 atom stereocenters. The molecule has 16 heavy (non-hydrogen) atoms. The van der Waals surface area contributed by atoms with E-state index in [1.165, 1.54) is 0 Å². The molecule has 7 nitrogen and oxygen atoms in total. The fourth-order valence-corrected chi connectivity index (χ4v) is 1.41. The van der Waals surface area contributed by atoms with Gasteiger partial charge in [0, 0.05) is 0 Å². The molecule has 0 amide bonds. The van der Waals surface area contributed by atoms with Crippen LogP contribution in [0.4, 0.5) is 11.9 Å². The van der Waals surface area contributed by atoms with Crippen LogP contribution in [0.25, 0.3) is 0 Å². The van der Waals surface area contributed by atoms with E-state index in [0.717, 1.165) is 6.42 Å². The Morgan fingerprint density at radius 3 is 2.44 bits per heavy atom. The predicted octanol–water partition coefficient (Wildman–Crippen LogP) is -0.265. The van der Waals surface area contributed by atoms with Crippen LogP contribution in [0, 0.1) is 11.8 Å². The fourth-order valence-electron chi connectivity index (χ4n) is 1.41. The molecule has 4 N–H and O–H groups in total. The van der Waals surface area contributed by atoms with Gasteiger partial charge in [0.2, 0.25) is 11.9 Å². The predicted molar refractivity (Wildman–Crippen MR) is 55.7 cm³/mol. The first-order valence-corrected chi connectivity index (χ1v) is 4.99. The zero-order valence-electron chi connectivity index (χ0n) is 8.88. The van der Waals surface area contributed by atoms with E-state index < -0.39 is 0 Å². The molecule has 1 aliphatic rings. The molecule has 0 aromatic carbocycles. The van der Waals surface area contributed by atoms with E-state index in [-0.39, 0.29) is 36.2 Å². The van der Waals surface area contributed by atoms with Gasteiger partial charge in [0.15, 0.2) is 12.4 Å². The second-order valence-electron chi connectivity index (χ2n) is 3.90. The van der Waals surface area contributed by atoms with Gasteiger partial charge in [-0.15, -0.1) is 0 Å². The highest BCUT2D eigenvalue weighted by atomic mass is 16.5. The topological polar surface area (TPSA) is 117 Å². The van der Waals surface area contributed by atoms with Gasteiger partial charge in [0.25, 0.3) is 0 Å². The molecule has 86 valence electrons. The maximum atomic E-state index is 11.4. The Morgan fingerprint density at radius 1 is 1.38 bits per heavy atom. The van der Waals surface area contributed by atoms with Gasteiger partial charge in [-0.3, -0.25) is 4.79 Å². The molecule has 1 aromatic rings. The van der Waals surface area contributed by atoms with E-state index in [9.17, 15) is 4.79 Å². The summed E-state index contributed by atoms with van der Waals surface area (Å²) in [5.41, 5.74) is 10.8. The van der Waals surface area contributed by atoms with Gasteiger partial charge in [-0.1, -0.05) is 6.92 Å². The van der Waals surface area contributed by atoms with Gasteiger partial charge in [-0.05, 0) is 12.3 Å². The van der Waals surface area contributed by atoms with Crippen LogP contribution in [0.5, 0.6) is 0 Å². The maximum Gasteiger partial charge on any atom is 0.309 e. The zero-order chi connectivity index (χ0) is 11.7. The lowest BCUT2D eigenvalue weighted by Crippen LogP contribution is -2.12. The summed E-state index contributed by atoms with van der Waals surface area (Å²) in [5, 5.41) is 0. The molecular weight excluding hydrogens is 210 g/mol. The zero-order valence-corrected chi connectivity index (χ0v) is 8.88. The molecule has 0 bridgehead atoms. The van der Waals surface area contributed by atoms with Crippen molar-refractivity contribution in [2.75, 3.05) is 11.5 Å². The number of carbonyl (C=O) groups is 1. The minimum absolute atomic E-state index is 0.0149. The molecule has 0 radical (unpaired) electrons. The number of anilines is 2. The molecule has 0 aliphatic heterocycles. The summed E-state index contributed by atoms with van der Waals surface area (Å²) in [6.07, 6.45) is 0.889.